The first-order valence-electron chi connectivity index (χ1n) is 5.22. The highest BCUT2D eigenvalue weighted by atomic mass is 16.6. The number of carboxylic acids is 1. The van der Waals surface area contributed by atoms with Crippen LogP contribution in [0.4, 0.5) is 0 Å². The van der Waals surface area contributed by atoms with Gasteiger partial charge < -0.3 is 14.6 Å². The van der Waals surface area contributed by atoms with Crippen molar-refractivity contribution in [3.05, 3.63) is 0 Å². The van der Waals surface area contributed by atoms with Crippen LogP contribution in [0.25, 0.3) is 0 Å². The molecule has 1 fully saturated rings. The standard InChI is InChI=1S/C11H20O4/c1-7(9(12)13)14-8-6-10(2,3)15-11(8,4)5/h7-8H,6H2,1-5H3,(H,12,13)/t7-,8?/m1/s1. The molecular formula is C11H20O4. The van der Waals surface area contributed by atoms with E-state index >= 15 is 0 Å². The van der Waals surface area contributed by atoms with Crippen molar-refractivity contribution in [3.8, 4) is 0 Å². The summed E-state index contributed by atoms with van der Waals surface area (Å²) in [5, 5.41) is 8.78. The molecule has 15 heavy (non-hydrogen) atoms. The molecule has 0 aromatic carbocycles. The predicted molar refractivity (Wildman–Crippen MR) is 55.8 cm³/mol. The van der Waals surface area contributed by atoms with Gasteiger partial charge in [-0.15, -0.1) is 0 Å². The SMILES string of the molecule is C[C@@H](OC1CC(C)(C)OC1(C)C)C(=O)O. The minimum absolute atomic E-state index is 0.168. The third kappa shape index (κ3) is 2.92. The Morgan fingerprint density at radius 3 is 2.33 bits per heavy atom. The number of carbonyl (C=O) groups is 1. The summed E-state index contributed by atoms with van der Waals surface area (Å²) < 4.78 is 11.3. The second-order valence-corrected chi connectivity index (χ2v) is 5.27. The van der Waals surface area contributed by atoms with Gasteiger partial charge in [-0.2, -0.15) is 0 Å². The van der Waals surface area contributed by atoms with Crippen molar-refractivity contribution in [2.24, 2.45) is 0 Å². The van der Waals surface area contributed by atoms with Gasteiger partial charge in [0.05, 0.1) is 17.3 Å². The fourth-order valence-corrected chi connectivity index (χ4v) is 2.03. The monoisotopic (exact) mass is 216 g/mol. The van der Waals surface area contributed by atoms with Crippen molar-refractivity contribution in [2.45, 2.75) is 64.4 Å². The lowest BCUT2D eigenvalue weighted by Crippen LogP contribution is -2.38. The van der Waals surface area contributed by atoms with Gasteiger partial charge in [0.25, 0.3) is 0 Å². The summed E-state index contributed by atoms with van der Waals surface area (Å²) in [4.78, 5) is 10.7. The molecule has 0 bridgehead atoms. The number of rotatable bonds is 3. The zero-order valence-corrected chi connectivity index (χ0v) is 10.0. The van der Waals surface area contributed by atoms with Crippen LogP contribution in [0.5, 0.6) is 0 Å². The van der Waals surface area contributed by atoms with E-state index in [-0.39, 0.29) is 11.7 Å². The van der Waals surface area contributed by atoms with E-state index in [0.717, 1.165) is 6.42 Å². The van der Waals surface area contributed by atoms with Crippen LogP contribution in [-0.4, -0.2) is 34.5 Å². The first kappa shape index (κ1) is 12.5. The molecule has 0 aromatic heterocycles. The second-order valence-electron chi connectivity index (χ2n) is 5.27. The van der Waals surface area contributed by atoms with Gasteiger partial charge in [0.2, 0.25) is 0 Å². The molecule has 1 unspecified atom stereocenters. The lowest BCUT2D eigenvalue weighted by Gasteiger charge is -2.28. The average Bonchev–Trinajstić information content (AvgIpc) is 2.18. The van der Waals surface area contributed by atoms with Crippen LogP contribution in [0.3, 0.4) is 0 Å². The van der Waals surface area contributed by atoms with E-state index in [1.54, 1.807) is 6.92 Å². The fourth-order valence-electron chi connectivity index (χ4n) is 2.03. The Bertz CT molecular complexity index is 257. The van der Waals surface area contributed by atoms with Crippen molar-refractivity contribution < 1.29 is 19.4 Å². The third-order valence-corrected chi connectivity index (χ3v) is 2.71. The maximum absolute atomic E-state index is 10.7. The number of hydrogen-bond acceptors (Lipinski definition) is 3. The van der Waals surface area contributed by atoms with E-state index in [2.05, 4.69) is 0 Å². The van der Waals surface area contributed by atoms with Gasteiger partial charge in [0.15, 0.2) is 6.10 Å². The third-order valence-electron chi connectivity index (χ3n) is 2.71. The largest absolute Gasteiger partial charge is 0.479 e. The Labute approximate surface area is 90.6 Å². The summed E-state index contributed by atoms with van der Waals surface area (Å²) in [6, 6.07) is 0. The van der Waals surface area contributed by atoms with Gasteiger partial charge in [-0.3, -0.25) is 0 Å². The minimum atomic E-state index is -0.935. The smallest absolute Gasteiger partial charge is 0.332 e. The molecule has 0 radical (unpaired) electrons. The molecule has 1 rings (SSSR count). The fraction of sp³-hybridized carbons (Fsp3) is 0.909. The lowest BCUT2D eigenvalue weighted by atomic mass is 9.97. The van der Waals surface area contributed by atoms with Gasteiger partial charge in [-0.05, 0) is 34.6 Å². The quantitative estimate of drug-likeness (QED) is 0.781. The summed E-state index contributed by atoms with van der Waals surface area (Å²) in [7, 11) is 0. The molecule has 2 atom stereocenters. The van der Waals surface area contributed by atoms with E-state index in [1.807, 2.05) is 27.7 Å². The van der Waals surface area contributed by atoms with Crippen LogP contribution in [0, 0.1) is 0 Å². The predicted octanol–water partition coefficient (Wildman–Crippen LogP) is 1.82. The number of carboxylic acid groups (broad SMARTS) is 1. The maximum Gasteiger partial charge on any atom is 0.332 e. The highest BCUT2D eigenvalue weighted by molar-refractivity contribution is 5.71. The second kappa shape index (κ2) is 3.76. The molecule has 1 N–H and O–H groups in total. The topological polar surface area (TPSA) is 55.8 Å². The molecule has 1 saturated heterocycles. The van der Waals surface area contributed by atoms with Gasteiger partial charge in [0, 0.05) is 6.42 Å². The van der Waals surface area contributed by atoms with Crippen LogP contribution in [0.2, 0.25) is 0 Å². The molecular weight excluding hydrogens is 196 g/mol. The van der Waals surface area contributed by atoms with Crippen LogP contribution in [0.15, 0.2) is 0 Å². The van der Waals surface area contributed by atoms with Crippen LogP contribution >= 0.6 is 0 Å². The molecule has 0 aliphatic carbocycles. The first-order chi connectivity index (χ1) is 6.64. The average molecular weight is 216 g/mol. The van der Waals surface area contributed by atoms with Gasteiger partial charge in [0.1, 0.15) is 0 Å². The van der Waals surface area contributed by atoms with Crippen molar-refractivity contribution in [1.29, 1.82) is 0 Å². The first-order valence-corrected chi connectivity index (χ1v) is 5.22. The van der Waals surface area contributed by atoms with Gasteiger partial charge in [-0.25, -0.2) is 4.79 Å². The molecule has 88 valence electrons. The van der Waals surface area contributed by atoms with Crippen molar-refractivity contribution in [3.63, 3.8) is 0 Å². The van der Waals surface area contributed by atoms with Gasteiger partial charge >= 0.3 is 5.97 Å². The zero-order chi connectivity index (χ0) is 11.9. The lowest BCUT2D eigenvalue weighted by molar-refractivity contribution is -0.160. The molecule has 1 aliphatic rings. The number of ether oxygens (including phenoxy) is 2. The molecule has 0 aromatic rings. The summed E-state index contributed by atoms with van der Waals surface area (Å²) in [5.74, 6) is -0.935. The van der Waals surface area contributed by atoms with E-state index in [1.165, 1.54) is 0 Å². The Morgan fingerprint density at radius 1 is 1.47 bits per heavy atom. The highest BCUT2D eigenvalue weighted by Gasteiger charge is 2.47. The summed E-state index contributed by atoms with van der Waals surface area (Å²) in [6.45, 7) is 9.39. The van der Waals surface area contributed by atoms with E-state index in [0.29, 0.717) is 0 Å². The van der Waals surface area contributed by atoms with Crippen molar-refractivity contribution in [2.75, 3.05) is 0 Å². The molecule has 1 aliphatic heterocycles. The summed E-state index contributed by atoms with van der Waals surface area (Å²) in [6.07, 6.45) is -0.233. The minimum Gasteiger partial charge on any atom is -0.479 e. The molecule has 0 amide bonds. The Kier molecular flexibility index (Phi) is 3.12. The van der Waals surface area contributed by atoms with Crippen LogP contribution < -0.4 is 0 Å². The Hall–Kier alpha value is -0.610. The maximum atomic E-state index is 10.7. The summed E-state index contributed by atoms with van der Waals surface area (Å²) >= 11 is 0. The van der Waals surface area contributed by atoms with Gasteiger partial charge in [-0.1, -0.05) is 0 Å². The van der Waals surface area contributed by atoms with E-state index in [9.17, 15) is 4.79 Å². The number of aliphatic carboxylic acids is 1. The van der Waals surface area contributed by atoms with Crippen molar-refractivity contribution >= 4 is 5.97 Å². The molecule has 0 spiro atoms. The van der Waals surface area contributed by atoms with Crippen LogP contribution in [-0.2, 0) is 14.3 Å². The summed E-state index contributed by atoms with van der Waals surface area (Å²) in [5.41, 5.74) is -0.667. The Morgan fingerprint density at radius 2 is 2.00 bits per heavy atom. The molecule has 4 nitrogen and oxygen atoms in total. The number of hydrogen-bond donors (Lipinski definition) is 1. The molecule has 1 heterocycles. The highest BCUT2D eigenvalue weighted by Crippen LogP contribution is 2.39. The van der Waals surface area contributed by atoms with E-state index in [4.69, 9.17) is 14.6 Å². The molecule has 0 saturated carbocycles. The zero-order valence-electron chi connectivity index (χ0n) is 10.0. The Balaban J connectivity index is 2.67. The normalized spacial score (nSPS) is 30.1. The molecule has 4 heteroatoms. The van der Waals surface area contributed by atoms with Crippen molar-refractivity contribution in [1.82, 2.24) is 0 Å². The van der Waals surface area contributed by atoms with Crippen LogP contribution in [0.1, 0.15) is 41.0 Å². The van der Waals surface area contributed by atoms with E-state index < -0.39 is 17.7 Å².